The molecular formula is C22H28N4O2. The van der Waals surface area contributed by atoms with Crippen LogP contribution in [0.5, 0.6) is 0 Å². The van der Waals surface area contributed by atoms with E-state index in [1.54, 1.807) is 13.8 Å². The first kappa shape index (κ1) is 21.2. The van der Waals surface area contributed by atoms with Crippen LogP contribution in [0.25, 0.3) is 0 Å². The van der Waals surface area contributed by atoms with Crippen LogP contribution in [0.3, 0.4) is 0 Å². The number of amides is 1. The Morgan fingerprint density at radius 2 is 1.89 bits per heavy atom. The highest BCUT2D eigenvalue weighted by atomic mass is 16.1. The Morgan fingerprint density at radius 1 is 1.21 bits per heavy atom. The predicted octanol–water partition coefficient (Wildman–Crippen LogP) is 3.05. The fourth-order valence-electron chi connectivity index (χ4n) is 3.17. The van der Waals surface area contributed by atoms with Crippen molar-refractivity contribution < 1.29 is 4.79 Å². The summed E-state index contributed by atoms with van der Waals surface area (Å²) in [5, 5.41) is 15.6. The smallest absolute Gasteiger partial charge is 0.266 e. The third-order valence-electron chi connectivity index (χ3n) is 4.97. The van der Waals surface area contributed by atoms with Crippen molar-refractivity contribution in [1.82, 2.24) is 10.3 Å². The SMILES string of the molecule is Cc1[nH]c(=O)c(C#N)c(C)c1CCC(=O)NCC(Nc1ccccc1)C(C)C. The van der Waals surface area contributed by atoms with Gasteiger partial charge in [0.15, 0.2) is 0 Å². The highest BCUT2D eigenvalue weighted by molar-refractivity contribution is 5.76. The Bertz CT molecular complexity index is 911. The van der Waals surface area contributed by atoms with Gasteiger partial charge in [-0.2, -0.15) is 5.26 Å². The molecule has 0 bridgehead atoms. The molecule has 6 nitrogen and oxygen atoms in total. The van der Waals surface area contributed by atoms with Gasteiger partial charge in [-0.15, -0.1) is 0 Å². The summed E-state index contributed by atoms with van der Waals surface area (Å²) >= 11 is 0. The third kappa shape index (κ3) is 5.46. The number of para-hydroxylation sites is 1. The number of aromatic amines is 1. The monoisotopic (exact) mass is 380 g/mol. The van der Waals surface area contributed by atoms with Crippen molar-refractivity contribution in [3.05, 3.63) is 63.1 Å². The van der Waals surface area contributed by atoms with Crippen LogP contribution in [-0.2, 0) is 11.2 Å². The van der Waals surface area contributed by atoms with Gasteiger partial charge in [-0.25, -0.2) is 0 Å². The van der Waals surface area contributed by atoms with Crippen molar-refractivity contribution in [2.45, 2.75) is 46.6 Å². The summed E-state index contributed by atoms with van der Waals surface area (Å²) in [5.74, 6) is 0.298. The maximum Gasteiger partial charge on any atom is 0.266 e. The van der Waals surface area contributed by atoms with E-state index in [-0.39, 0.29) is 23.1 Å². The number of nitrogens with one attached hydrogen (secondary N) is 3. The van der Waals surface area contributed by atoms with Gasteiger partial charge in [0.25, 0.3) is 5.56 Å². The zero-order chi connectivity index (χ0) is 20.7. The number of hydrogen-bond donors (Lipinski definition) is 3. The molecule has 2 rings (SSSR count). The van der Waals surface area contributed by atoms with Crippen LogP contribution >= 0.6 is 0 Å². The van der Waals surface area contributed by atoms with Crippen molar-refractivity contribution in [2.24, 2.45) is 5.92 Å². The summed E-state index contributed by atoms with van der Waals surface area (Å²) in [6, 6.07) is 12.0. The standard InChI is InChI=1S/C22H28N4O2/c1-14(2)20(26-17-8-6-5-7-9-17)13-24-21(27)11-10-18-15(3)19(12-23)22(28)25-16(18)4/h5-9,14,20,26H,10-11,13H2,1-4H3,(H,24,27)(H,25,28). The fraction of sp³-hybridized carbons (Fsp3) is 0.409. The fourth-order valence-corrected chi connectivity index (χ4v) is 3.17. The minimum absolute atomic E-state index is 0.0518. The van der Waals surface area contributed by atoms with Gasteiger partial charge < -0.3 is 15.6 Å². The molecule has 2 aromatic rings. The lowest BCUT2D eigenvalue weighted by atomic mass is 9.99. The van der Waals surface area contributed by atoms with Crippen molar-refractivity contribution in [3.8, 4) is 6.07 Å². The largest absolute Gasteiger partial charge is 0.380 e. The number of nitriles is 1. The number of carbonyl (C=O) groups is 1. The van der Waals surface area contributed by atoms with Crippen molar-refractivity contribution in [1.29, 1.82) is 5.26 Å². The van der Waals surface area contributed by atoms with E-state index in [1.165, 1.54) is 0 Å². The van der Waals surface area contributed by atoms with E-state index >= 15 is 0 Å². The van der Waals surface area contributed by atoms with Crippen LogP contribution in [0.2, 0.25) is 0 Å². The van der Waals surface area contributed by atoms with Crippen LogP contribution in [0.15, 0.2) is 35.1 Å². The molecule has 1 unspecified atom stereocenters. The van der Waals surface area contributed by atoms with E-state index in [9.17, 15) is 9.59 Å². The zero-order valence-corrected chi connectivity index (χ0v) is 16.9. The second-order valence-electron chi connectivity index (χ2n) is 7.33. The zero-order valence-electron chi connectivity index (χ0n) is 16.9. The quantitative estimate of drug-likeness (QED) is 0.655. The Kier molecular flexibility index (Phi) is 7.39. The number of rotatable bonds is 8. The normalized spacial score (nSPS) is 11.7. The lowest BCUT2D eigenvalue weighted by molar-refractivity contribution is -0.121. The number of nitrogens with zero attached hydrogens (tertiary/aromatic N) is 1. The second kappa shape index (κ2) is 9.75. The number of H-pyrrole nitrogens is 1. The highest BCUT2D eigenvalue weighted by Crippen LogP contribution is 2.15. The summed E-state index contributed by atoms with van der Waals surface area (Å²) in [6.07, 6.45) is 0.780. The van der Waals surface area contributed by atoms with E-state index in [4.69, 9.17) is 5.26 Å². The number of anilines is 1. The number of aryl methyl sites for hydroxylation is 1. The molecule has 0 aliphatic rings. The minimum Gasteiger partial charge on any atom is -0.380 e. The van der Waals surface area contributed by atoms with E-state index in [0.29, 0.717) is 36.6 Å². The minimum atomic E-state index is -0.377. The van der Waals surface area contributed by atoms with E-state index in [2.05, 4.69) is 29.5 Å². The van der Waals surface area contributed by atoms with Crippen LogP contribution < -0.4 is 16.2 Å². The molecule has 1 aromatic carbocycles. The molecule has 0 aliphatic carbocycles. The average Bonchev–Trinajstić information content (AvgIpc) is 2.65. The van der Waals surface area contributed by atoms with Crippen molar-refractivity contribution in [3.63, 3.8) is 0 Å². The average molecular weight is 380 g/mol. The van der Waals surface area contributed by atoms with Gasteiger partial charge in [0, 0.05) is 30.4 Å². The maximum atomic E-state index is 12.4. The first-order chi connectivity index (χ1) is 13.3. The molecule has 1 atom stereocenters. The van der Waals surface area contributed by atoms with Crippen LogP contribution in [0.1, 0.15) is 42.7 Å². The van der Waals surface area contributed by atoms with Gasteiger partial charge in [0.1, 0.15) is 11.6 Å². The van der Waals surface area contributed by atoms with E-state index < -0.39 is 0 Å². The molecule has 1 amide bonds. The molecule has 28 heavy (non-hydrogen) atoms. The summed E-state index contributed by atoms with van der Waals surface area (Å²) in [4.78, 5) is 26.9. The molecule has 148 valence electrons. The molecule has 0 saturated carbocycles. The molecular weight excluding hydrogens is 352 g/mol. The number of pyridine rings is 1. The van der Waals surface area contributed by atoms with Gasteiger partial charge in [-0.05, 0) is 49.4 Å². The number of carbonyl (C=O) groups excluding carboxylic acids is 1. The summed E-state index contributed by atoms with van der Waals surface area (Å²) in [7, 11) is 0. The Labute approximate surface area is 166 Å². The number of hydrogen-bond acceptors (Lipinski definition) is 4. The number of aromatic nitrogens is 1. The summed E-state index contributed by atoms with van der Waals surface area (Å²) in [5.41, 5.74) is 2.99. The van der Waals surface area contributed by atoms with Gasteiger partial charge in [-0.3, -0.25) is 9.59 Å². The topological polar surface area (TPSA) is 97.8 Å². The summed E-state index contributed by atoms with van der Waals surface area (Å²) < 4.78 is 0. The first-order valence-electron chi connectivity index (χ1n) is 9.54. The Balaban J connectivity index is 1.95. The second-order valence-corrected chi connectivity index (χ2v) is 7.33. The first-order valence-corrected chi connectivity index (χ1v) is 9.54. The van der Waals surface area contributed by atoms with Crippen LogP contribution in [-0.4, -0.2) is 23.5 Å². The molecule has 1 heterocycles. The van der Waals surface area contributed by atoms with Crippen molar-refractivity contribution >= 4 is 11.6 Å². The van der Waals surface area contributed by atoms with Crippen LogP contribution in [0.4, 0.5) is 5.69 Å². The highest BCUT2D eigenvalue weighted by Gasteiger charge is 2.16. The van der Waals surface area contributed by atoms with E-state index in [1.807, 2.05) is 36.4 Å². The molecule has 0 saturated heterocycles. The van der Waals surface area contributed by atoms with Crippen LogP contribution in [0, 0.1) is 31.1 Å². The van der Waals surface area contributed by atoms with Gasteiger partial charge in [-0.1, -0.05) is 32.0 Å². The molecule has 3 N–H and O–H groups in total. The molecule has 0 radical (unpaired) electrons. The molecule has 6 heteroatoms. The van der Waals surface area contributed by atoms with Crippen molar-refractivity contribution in [2.75, 3.05) is 11.9 Å². The lowest BCUT2D eigenvalue weighted by Gasteiger charge is -2.24. The Hall–Kier alpha value is -3.07. The molecule has 0 spiro atoms. The molecule has 1 aromatic heterocycles. The number of benzene rings is 1. The predicted molar refractivity (Wildman–Crippen MR) is 111 cm³/mol. The molecule has 0 fully saturated rings. The molecule has 0 aliphatic heterocycles. The van der Waals surface area contributed by atoms with Gasteiger partial charge in [0.2, 0.25) is 5.91 Å². The Morgan fingerprint density at radius 3 is 2.50 bits per heavy atom. The van der Waals surface area contributed by atoms with Gasteiger partial charge in [0.05, 0.1) is 0 Å². The van der Waals surface area contributed by atoms with Gasteiger partial charge >= 0.3 is 0 Å². The third-order valence-corrected chi connectivity index (χ3v) is 4.97. The maximum absolute atomic E-state index is 12.4. The lowest BCUT2D eigenvalue weighted by Crippen LogP contribution is -2.39. The van der Waals surface area contributed by atoms with E-state index in [0.717, 1.165) is 11.3 Å². The summed E-state index contributed by atoms with van der Waals surface area (Å²) in [6.45, 7) is 8.30.